The van der Waals surface area contributed by atoms with Gasteiger partial charge in [-0.15, -0.1) is 0 Å². The lowest BCUT2D eigenvalue weighted by molar-refractivity contribution is -0.138. The normalized spacial score (nSPS) is 10.7. The number of nitrogens with one attached hydrogen (secondary N) is 2. The fourth-order valence-corrected chi connectivity index (χ4v) is 2.20. The maximum absolute atomic E-state index is 11.9. The minimum Gasteiger partial charge on any atom is -0.492 e. The van der Waals surface area contributed by atoms with Gasteiger partial charge in [-0.25, -0.2) is 9.59 Å². The van der Waals surface area contributed by atoms with Crippen LogP contribution in [0, 0.1) is 0 Å². The Morgan fingerprint density at radius 2 is 1.59 bits per heavy atom. The van der Waals surface area contributed by atoms with Gasteiger partial charge in [0.05, 0.1) is 31.7 Å². The summed E-state index contributed by atoms with van der Waals surface area (Å²) in [6.45, 7) is 1.00. The summed E-state index contributed by atoms with van der Waals surface area (Å²) in [7, 11) is 2.47. The molecule has 142 valence electrons. The van der Waals surface area contributed by atoms with Crippen LogP contribution in [-0.4, -0.2) is 39.3 Å². The minimum atomic E-state index is -0.678. The Morgan fingerprint density at radius 1 is 0.926 bits per heavy atom. The molecule has 0 aromatic heterocycles. The third kappa shape index (κ3) is 6.39. The van der Waals surface area contributed by atoms with E-state index in [0.29, 0.717) is 18.8 Å². The van der Waals surface area contributed by atoms with Crippen molar-refractivity contribution in [3.63, 3.8) is 0 Å². The molecule has 2 N–H and O–H groups in total. The Kier molecular flexibility index (Phi) is 7.71. The maximum Gasteiger partial charge on any atom is 0.354 e. The summed E-state index contributed by atoms with van der Waals surface area (Å²) in [5, 5.41) is 6.13. The predicted octanol–water partition coefficient (Wildman–Crippen LogP) is 2.82. The molecule has 2 aromatic carbocycles. The summed E-state index contributed by atoms with van der Waals surface area (Å²) in [5.74, 6) is -0.549. The first kappa shape index (κ1) is 19.8. The van der Waals surface area contributed by atoms with Crippen molar-refractivity contribution in [2.45, 2.75) is 0 Å². The highest BCUT2D eigenvalue weighted by atomic mass is 16.5. The zero-order valence-electron chi connectivity index (χ0n) is 15.2. The smallest absolute Gasteiger partial charge is 0.354 e. The number of anilines is 2. The number of methoxy groups -OCH3 is 2. The molecule has 7 heteroatoms. The molecule has 0 radical (unpaired) electrons. The number of para-hydroxylation sites is 3. The number of carbonyl (C=O) groups is 2. The van der Waals surface area contributed by atoms with Crippen molar-refractivity contribution in [1.29, 1.82) is 0 Å². The highest BCUT2D eigenvalue weighted by Crippen LogP contribution is 2.23. The summed E-state index contributed by atoms with van der Waals surface area (Å²) < 4.78 is 14.9. The molecule has 7 nitrogen and oxygen atoms in total. The van der Waals surface area contributed by atoms with Crippen molar-refractivity contribution in [3.05, 3.63) is 66.4 Å². The number of carbonyl (C=O) groups excluding carboxylic acids is 2. The van der Waals surface area contributed by atoms with Gasteiger partial charge in [0.1, 0.15) is 18.1 Å². The highest BCUT2D eigenvalue weighted by Gasteiger charge is 2.14. The molecular weight excluding hydrogens is 348 g/mol. The highest BCUT2D eigenvalue weighted by molar-refractivity contribution is 5.99. The molecule has 27 heavy (non-hydrogen) atoms. The number of rotatable bonds is 9. The second kappa shape index (κ2) is 10.5. The van der Waals surface area contributed by atoms with Gasteiger partial charge in [0.2, 0.25) is 0 Å². The molecule has 2 aromatic rings. The van der Waals surface area contributed by atoms with Gasteiger partial charge >= 0.3 is 11.9 Å². The number of hydrogen-bond donors (Lipinski definition) is 2. The third-order valence-electron chi connectivity index (χ3n) is 3.49. The number of hydrogen-bond acceptors (Lipinski definition) is 7. The topological polar surface area (TPSA) is 85.9 Å². The first-order chi connectivity index (χ1) is 13.1. The van der Waals surface area contributed by atoms with E-state index in [-0.39, 0.29) is 5.70 Å². The van der Waals surface area contributed by atoms with E-state index < -0.39 is 11.9 Å². The van der Waals surface area contributed by atoms with Crippen molar-refractivity contribution < 1.29 is 23.8 Å². The number of esters is 2. The van der Waals surface area contributed by atoms with Crippen LogP contribution in [0.1, 0.15) is 0 Å². The van der Waals surface area contributed by atoms with Crippen LogP contribution in [0.2, 0.25) is 0 Å². The van der Waals surface area contributed by atoms with Crippen LogP contribution in [0.25, 0.3) is 0 Å². The molecule has 0 spiro atoms. The van der Waals surface area contributed by atoms with Crippen molar-refractivity contribution in [3.8, 4) is 5.75 Å². The van der Waals surface area contributed by atoms with E-state index >= 15 is 0 Å². The van der Waals surface area contributed by atoms with Crippen molar-refractivity contribution in [2.75, 3.05) is 38.0 Å². The summed E-state index contributed by atoms with van der Waals surface area (Å²) in [6, 6.07) is 16.8. The molecule has 0 fully saturated rings. The molecule has 0 atom stereocenters. The van der Waals surface area contributed by atoms with E-state index in [1.807, 2.05) is 42.5 Å². The molecule has 2 rings (SSSR count). The van der Waals surface area contributed by atoms with Gasteiger partial charge in [-0.3, -0.25) is 0 Å². The van der Waals surface area contributed by atoms with Gasteiger partial charge in [-0.1, -0.05) is 30.3 Å². The monoisotopic (exact) mass is 370 g/mol. The lowest BCUT2D eigenvalue weighted by Crippen LogP contribution is -2.17. The Bertz CT molecular complexity index is 790. The van der Waals surface area contributed by atoms with Crippen molar-refractivity contribution in [1.82, 2.24) is 0 Å². The second-order valence-electron chi connectivity index (χ2n) is 5.33. The van der Waals surface area contributed by atoms with Crippen LogP contribution >= 0.6 is 0 Å². The van der Waals surface area contributed by atoms with Gasteiger partial charge in [0.25, 0.3) is 0 Å². The fourth-order valence-electron chi connectivity index (χ4n) is 2.20. The molecule has 0 aliphatic carbocycles. The zero-order valence-corrected chi connectivity index (χ0v) is 15.2. The van der Waals surface area contributed by atoms with Crippen molar-refractivity contribution in [2.24, 2.45) is 0 Å². The van der Waals surface area contributed by atoms with Crippen LogP contribution in [0.5, 0.6) is 5.75 Å². The van der Waals surface area contributed by atoms with Gasteiger partial charge in [-0.05, 0) is 24.3 Å². The lowest BCUT2D eigenvalue weighted by Gasteiger charge is -2.15. The first-order valence-corrected chi connectivity index (χ1v) is 8.29. The molecule has 0 amide bonds. The Balaban J connectivity index is 2.02. The van der Waals surface area contributed by atoms with Crippen LogP contribution in [0.4, 0.5) is 11.4 Å². The average molecular weight is 370 g/mol. The Morgan fingerprint density at radius 3 is 2.26 bits per heavy atom. The predicted molar refractivity (Wildman–Crippen MR) is 103 cm³/mol. The molecule has 0 aliphatic rings. The third-order valence-corrected chi connectivity index (χ3v) is 3.49. The van der Waals surface area contributed by atoms with Gasteiger partial charge in [-0.2, -0.15) is 0 Å². The Hall–Kier alpha value is -3.48. The standard InChI is InChI=1S/C20H22N2O5/c1-25-19(23)14-18(20(24)26-2)22-17-11-7-6-10-16(17)21-12-13-27-15-8-4-3-5-9-15/h3-11,14,21-22H,12-13H2,1-2H3/b18-14+. The van der Waals surface area contributed by atoms with Crippen molar-refractivity contribution >= 4 is 23.3 Å². The summed E-state index contributed by atoms with van der Waals surface area (Å²) >= 11 is 0. The zero-order chi connectivity index (χ0) is 19.5. The van der Waals surface area contributed by atoms with Crippen LogP contribution in [0.15, 0.2) is 66.4 Å². The minimum absolute atomic E-state index is 0.0286. The van der Waals surface area contributed by atoms with Gasteiger partial charge in [0.15, 0.2) is 0 Å². The molecule has 0 aliphatic heterocycles. The molecular formula is C20H22N2O5. The van der Waals surface area contributed by atoms with Crippen LogP contribution in [-0.2, 0) is 19.1 Å². The number of benzene rings is 2. The lowest BCUT2D eigenvalue weighted by atomic mass is 10.2. The molecule has 0 saturated heterocycles. The van der Waals surface area contributed by atoms with E-state index in [1.165, 1.54) is 14.2 Å². The van der Waals surface area contributed by atoms with Crippen LogP contribution < -0.4 is 15.4 Å². The SMILES string of the molecule is COC(=O)/C=C(/Nc1ccccc1NCCOc1ccccc1)C(=O)OC. The Labute approximate surface area is 157 Å². The van der Waals surface area contributed by atoms with E-state index in [4.69, 9.17) is 9.47 Å². The molecule has 0 saturated carbocycles. The molecule has 0 unspecified atom stereocenters. The maximum atomic E-state index is 11.9. The van der Waals surface area contributed by atoms with E-state index in [1.54, 1.807) is 12.1 Å². The largest absolute Gasteiger partial charge is 0.492 e. The van der Waals surface area contributed by atoms with Crippen LogP contribution in [0.3, 0.4) is 0 Å². The number of ether oxygens (including phenoxy) is 3. The van der Waals surface area contributed by atoms with E-state index in [9.17, 15) is 9.59 Å². The molecule has 0 heterocycles. The summed E-state index contributed by atoms with van der Waals surface area (Å²) in [4.78, 5) is 23.4. The second-order valence-corrected chi connectivity index (χ2v) is 5.33. The molecule has 0 bridgehead atoms. The summed E-state index contributed by atoms with van der Waals surface area (Å²) in [6.07, 6.45) is 1.04. The van der Waals surface area contributed by atoms with E-state index in [2.05, 4.69) is 15.4 Å². The van der Waals surface area contributed by atoms with Gasteiger partial charge in [0, 0.05) is 6.54 Å². The quantitative estimate of drug-likeness (QED) is 0.399. The average Bonchev–Trinajstić information content (AvgIpc) is 2.71. The first-order valence-electron chi connectivity index (χ1n) is 8.29. The fraction of sp³-hybridized carbons (Fsp3) is 0.200. The van der Waals surface area contributed by atoms with Gasteiger partial charge < -0.3 is 24.8 Å². The summed E-state index contributed by atoms with van der Waals surface area (Å²) in [5.41, 5.74) is 1.32. The van der Waals surface area contributed by atoms with E-state index in [0.717, 1.165) is 17.5 Å².